The molecular weight excluding hydrogens is 1250 g/mol. The van der Waals surface area contributed by atoms with Crippen molar-refractivity contribution in [3.8, 4) is 56.5 Å². The Hall–Kier alpha value is -13.3. The number of hydrogen-bond donors (Lipinski definition) is 0. The molecule has 0 unspecified atom stereocenters. The van der Waals surface area contributed by atoms with Gasteiger partial charge in [-0.3, -0.25) is 0 Å². The van der Waals surface area contributed by atoms with E-state index in [1.807, 2.05) is 42.5 Å². The number of aromatic nitrogens is 3. The maximum absolute atomic E-state index is 10.7. The summed E-state index contributed by atoms with van der Waals surface area (Å²) in [5.74, 6) is 0. The van der Waals surface area contributed by atoms with Crippen molar-refractivity contribution in [3.63, 3.8) is 0 Å². The van der Waals surface area contributed by atoms with Crippen molar-refractivity contribution in [2.45, 2.75) is 26.2 Å². The molecule has 0 saturated heterocycles. The van der Waals surface area contributed by atoms with Crippen LogP contribution in [0.2, 0.25) is 0 Å². The zero-order chi connectivity index (χ0) is 75.3. The van der Waals surface area contributed by atoms with Crippen LogP contribution >= 0.6 is 0 Å². The molecule has 21 rings (SSSR count). The minimum absolute atomic E-state index is 0.00907. The second kappa shape index (κ2) is 22.3. The van der Waals surface area contributed by atoms with Crippen LogP contribution in [0.15, 0.2) is 332 Å². The van der Waals surface area contributed by atoms with Gasteiger partial charge in [-0.2, -0.15) is 5.26 Å². The summed E-state index contributed by atoms with van der Waals surface area (Å²) in [5.41, 5.74) is 22.2. The van der Waals surface area contributed by atoms with Crippen LogP contribution in [0.4, 0.5) is 34.1 Å². The third kappa shape index (κ3) is 8.70. The second-order valence-electron chi connectivity index (χ2n) is 28.0. The SMILES string of the molecule is [2H]c1c([2H])c([2H])c2c(c1[2H])c1c([2H])c([2H])c([2H])c([2H])c1n2-c1ccc2c(c1)N(c1c(-c3ccccc3)cccc1-c1ccccc1)c1cc(-n3c4ccc(C#N)cc4c4cc(C(C)(C)C)ccc43)cc3c1B2c1ccc2c(oc4ccc(-n5c6ccccc6c6ccccc65)cc42)c1N3c1ccccc1-c1ccccc1. The van der Waals surface area contributed by atoms with Crippen molar-refractivity contribution in [2.24, 2.45) is 0 Å². The zero-order valence-electron chi connectivity index (χ0n) is 64.2. The largest absolute Gasteiger partial charge is 0.454 e. The predicted molar refractivity (Wildman–Crippen MR) is 430 cm³/mol. The van der Waals surface area contributed by atoms with Gasteiger partial charge in [0.05, 0.1) is 78.4 Å². The summed E-state index contributed by atoms with van der Waals surface area (Å²) in [4.78, 5) is 4.81. The molecule has 15 aromatic carbocycles. The molecule has 103 heavy (non-hydrogen) atoms. The van der Waals surface area contributed by atoms with Gasteiger partial charge in [-0.25, -0.2) is 0 Å². The van der Waals surface area contributed by atoms with E-state index in [1.54, 1.807) is 4.57 Å². The van der Waals surface area contributed by atoms with Gasteiger partial charge < -0.3 is 27.9 Å². The Kier molecular flexibility index (Phi) is 11.0. The smallest absolute Gasteiger partial charge is 0.252 e. The molecule has 0 amide bonds. The first-order valence-electron chi connectivity index (χ1n) is 38.8. The van der Waals surface area contributed by atoms with Crippen LogP contribution in [-0.2, 0) is 5.41 Å². The molecule has 0 aliphatic carbocycles. The quantitative estimate of drug-likeness (QED) is 0.142. The van der Waals surface area contributed by atoms with E-state index in [1.165, 1.54) is 0 Å². The Bertz CT molecular complexity index is 7150. The van der Waals surface area contributed by atoms with Crippen molar-refractivity contribution in [1.29, 1.82) is 5.26 Å². The van der Waals surface area contributed by atoms with E-state index in [9.17, 15) is 13.5 Å². The highest BCUT2D eigenvalue weighted by atomic mass is 16.3. The fourth-order valence-corrected chi connectivity index (χ4v) is 16.9. The van der Waals surface area contributed by atoms with Gasteiger partial charge in [-0.15, -0.1) is 0 Å². The molecule has 2 aliphatic heterocycles. The minimum Gasteiger partial charge on any atom is -0.454 e. The van der Waals surface area contributed by atoms with E-state index in [2.05, 4.69) is 282 Å². The Morgan fingerprint density at radius 2 is 0.864 bits per heavy atom. The van der Waals surface area contributed by atoms with E-state index < -0.39 is 55.1 Å². The first-order chi connectivity index (χ1) is 54.0. The standard InChI is InChI=1S/C95H63BN6O/c1-95(2,3)63-43-50-86-76(53-63)75-52-59(58-97)42-49-85(75)100(86)66-56-88-91-89(57-66)102(92-68(61-26-9-5-10-27-61)35-23-36-69(92)62-28-11-6-12-29-62)87-55-65(99-83-40-21-16-33-72(83)73-34-17-22-41-84(73)99)44-47-78(87)96(91)79-48-46-74-77-54-64(98-81-38-19-14-31-70(81)71-32-15-20-39-82(71)98)45-51-90(77)103-94(74)93(79)101(88)80-37-18-13-30-67(80)60-24-7-4-8-25-60/h4-57H,1-3H3/i16D,17D,21D,22D,33D,34D,40D,41D. The number of nitrogens with zero attached hydrogens (tertiary/aromatic N) is 6. The van der Waals surface area contributed by atoms with Crippen LogP contribution in [0.5, 0.6) is 0 Å². The highest BCUT2D eigenvalue weighted by molar-refractivity contribution is 7.00. The fourth-order valence-electron chi connectivity index (χ4n) is 16.9. The Balaban J connectivity index is 0.956. The summed E-state index contributed by atoms with van der Waals surface area (Å²) in [6.45, 7) is 6.05. The zero-order valence-corrected chi connectivity index (χ0v) is 56.2. The van der Waals surface area contributed by atoms with Gasteiger partial charge in [0.2, 0.25) is 0 Å². The lowest BCUT2D eigenvalue weighted by molar-refractivity contribution is 0.591. The number of anilines is 6. The normalized spacial score (nSPS) is 13.8. The van der Waals surface area contributed by atoms with Gasteiger partial charge in [-0.05, 0) is 147 Å². The topological polar surface area (TPSA) is 58.2 Å². The van der Waals surface area contributed by atoms with Gasteiger partial charge in [0.1, 0.15) is 5.58 Å². The van der Waals surface area contributed by atoms with Gasteiger partial charge in [-0.1, -0.05) is 245 Å². The van der Waals surface area contributed by atoms with Crippen LogP contribution in [0, 0.1) is 11.3 Å². The van der Waals surface area contributed by atoms with Crippen molar-refractivity contribution < 1.29 is 15.4 Å². The molecule has 7 nitrogen and oxygen atoms in total. The lowest BCUT2D eigenvalue weighted by Gasteiger charge is -2.45. The van der Waals surface area contributed by atoms with Gasteiger partial charge in [0.25, 0.3) is 6.71 Å². The molecule has 6 heterocycles. The van der Waals surface area contributed by atoms with Crippen LogP contribution < -0.4 is 26.2 Å². The van der Waals surface area contributed by atoms with E-state index in [-0.39, 0.29) is 27.2 Å². The molecule has 19 aromatic rings. The Morgan fingerprint density at radius 1 is 0.359 bits per heavy atom. The number of fused-ring (bicyclic) bond motifs is 17. The minimum atomic E-state index is -0.604. The third-order valence-electron chi connectivity index (χ3n) is 21.4. The maximum atomic E-state index is 10.7. The molecule has 0 radical (unpaired) electrons. The summed E-state index contributed by atoms with van der Waals surface area (Å²) in [7, 11) is 0. The van der Waals surface area contributed by atoms with E-state index >= 15 is 0 Å². The van der Waals surface area contributed by atoms with Gasteiger partial charge in [0.15, 0.2) is 5.58 Å². The lowest BCUT2D eigenvalue weighted by atomic mass is 9.33. The molecule has 0 N–H and O–H groups in total. The summed E-state index contributed by atoms with van der Waals surface area (Å²) in [5, 5.41) is 16.7. The highest BCUT2D eigenvalue weighted by Gasteiger charge is 2.47. The van der Waals surface area contributed by atoms with Crippen molar-refractivity contribution >= 4 is 145 Å². The molecule has 0 fully saturated rings. The van der Waals surface area contributed by atoms with Crippen LogP contribution in [0.25, 0.3) is 138 Å². The lowest BCUT2D eigenvalue weighted by Crippen LogP contribution is -2.61. The molecule has 0 saturated carbocycles. The number of para-hydroxylation sites is 6. The maximum Gasteiger partial charge on any atom is 0.252 e. The average molecular weight is 1320 g/mol. The molecule has 2 aliphatic rings. The van der Waals surface area contributed by atoms with Crippen molar-refractivity contribution in [3.05, 3.63) is 339 Å². The summed E-state index contributed by atoms with van der Waals surface area (Å²) < 4.78 is 89.6. The van der Waals surface area contributed by atoms with Crippen LogP contribution in [0.1, 0.15) is 42.9 Å². The summed E-state index contributed by atoms with van der Waals surface area (Å²) >= 11 is 0. The highest BCUT2D eigenvalue weighted by Crippen LogP contribution is 2.54. The van der Waals surface area contributed by atoms with E-state index in [4.69, 9.17) is 7.16 Å². The fraction of sp³-hybridized carbons (Fsp3) is 0.0421. The molecular formula is C95H63BN6O. The number of furan rings is 1. The first kappa shape index (κ1) is 50.9. The van der Waals surface area contributed by atoms with Gasteiger partial charge in [0, 0.05) is 88.2 Å². The summed E-state index contributed by atoms with van der Waals surface area (Å²) in [6, 6.07) is 96.6. The monoisotopic (exact) mass is 1320 g/mol. The van der Waals surface area contributed by atoms with E-state index in [0.717, 1.165) is 150 Å². The summed E-state index contributed by atoms with van der Waals surface area (Å²) in [6.07, 6.45) is 0. The average Bonchev–Trinajstić information content (AvgIpc) is 1.52. The Labute approximate surface area is 606 Å². The molecule has 0 spiro atoms. The third-order valence-corrected chi connectivity index (χ3v) is 21.4. The predicted octanol–water partition coefficient (Wildman–Crippen LogP) is 23.1. The number of hydrogen-bond acceptors (Lipinski definition) is 4. The molecule has 8 heteroatoms. The number of benzene rings is 15. The number of nitriles is 1. The van der Waals surface area contributed by atoms with Crippen molar-refractivity contribution in [2.75, 3.05) is 9.80 Å². The van der Waals surface area contributed by atoms with Crippen molar-refractivity contribution in [1.82, 2.24) is 13.7 Å². The molecule has 0 atom stereocenters. The Morgan fingerprint density at radius 3 is 1.51 bits per heavy atom. The van der Waals surface area contributed by atoms with E-state index in [0.29, 0.717) is 28.1 Å². The van der Waals surface area contributed by atoms with Crippen LogP contribution in [0.3, 0.4) is 0 Å². The molecule has 482 valence electrons. The van der Waals surface area contributed by atoms with Crippen LogP contribution in [-0.4, -0.2) is 20.4 Å². The van der Waals surface area contributed by atoms with Gasteiger partial charge >= 0.3 is 0 Å². The molecule has 0 bridgehead atoms. The second-order valence-corrected chi connectivity index (χ2v) is 28.0. The first-order valence-corrected chi connectivity index (χ1v) is 34.8. The molecule has 4 aromatic heterocycles. The number of rotatable bonds is 8.